The molecule has 3 rings (SSSR count). The van der Waals surface area contributed by atoms with E-state index in [0.717, 1.165) is 32.4 Å². The summed E-state index contributed by atoms with van der Waals surface area (Å²) in [5.74, 6) is 0.772. The van der Waals surface area contributed by atoms with Gasteiger partial charge in [-0.05, 0) is 37.6 Å². The maximum absolute atomic E-state index is 13.0. The average Bonchev–Trinajstić information content (AvgIpc) is 3.02. The van der Waals surface area contributed by atoms with Crippen LogP contribution in [0.25, 0.3) is 0 Å². The number of thiophene rings is 1. The fourth-order valence-electron chi connectivity index (χ4n) is 3.83. The number of amides is 1. The summed E-state index contributed by atoms with van der Waals surface area (Å²) in [6.45, 7) is 5.41. The van der Waals surface area contributed by atoms with Gasteiger partial charge in [-0.2, -0.15) is 0 Å². The third kappa shape index (κ3) is 3.25. The number of fused-ring (bicyclic) bond motifs is 1. The maximum Gasteiger partial charge on any atom is 0.267 e. The highest BCUT2D eigenvalue weighted by Crippen LogP contribution is 2.41. The van der Waals surface area contributed by atoms with E-state index in [0.29, 0.717) is 30.4 Å². The van der Waals surface area contributed by atoms with Crippen molar-refractivity contribution in [2.75, 3.05) is 40.0 Å². The summed E-state index contributed by atoms with van der Waals surface area (Å²) in [5, 5.41) is 1.92. The summed E-state index contributed by atoms with van der Waals surface area (Å²) >= 11 is 1.45. The van der Waals surface area contributed by atoms with Crippen LogP contribution in [-0.2, 0) is 9.47 Å². The highest BCUT2D eigenvalue weighted by Gasteiger charge is 2.47. The molecule has 23 heavy (non-hydrogen) atoms. The molecule has 0 saturated carbocycles. The summed E-state index contributed by atoms with van der Waals surface area (Å²) < 4.78 is 17.0. The normalized spacial score (nSPS) is 27.6. The molecule has 2 unspecified atom stereocenters. The molecule has 1 aromatic rings. The molecule has 0 radical (unpaired) electrons. The number of hydrogen-bond donors (Lipinski definition) is 0. The van der Waals surface area contributed by atoms with Crippen LogP contribution in [0.3, 0.4) is 0 Å². The summed E-state index contributed by atoms with van der Waals surface area (Å²) in [7, 11) is 1.73. The molecular weight excluding hydrogens is 314 g/mol. The molecule has 0 spiro atoms. The number of methoxy groups -OCH3 is 1. The molecule has 2 fully saturated rings. The predicted molar refractivity (Wildman–Crippen MR) is 89.3 cm³/mol. The van der Waals surface area contributed by atoms with Crippen molar-refractivity contribution < 1.29 is 19.0 Å². The van der Waals surface area contributed by atoms with E-state index in [-0.39, 0.29) is 17.4 Å². The van der Waals surface area contributed by atoms with Crippen LogP contribution < -0.4 is 4.74 Å². The molecule has 0 N–H and O–H groups in total. The second-order valence-corrected chi connectivity index (χ2v) is 7.24. The van der Waals surface area contributed by atoms with Gasteiger partial charge in [0.25, 0.3) is 5.91 Å². The lowest BCUT2D eigenvalue weighted by atomic mass is 9.73. The van der Waals surface area contributed by atoms with E-state index in [1.165, 1.54) is 11.3 Å². The maximum atomic E-state index is 13.0. The Morgan fingerprint density at radius 3 is 3.22 bits per heavy atom. The van der Waals surface area contributed by atoms with Gasteiger partial charge < -0.3 is 19.1 Å². The SMILES string of the molecule is CCOc1ccsc1C(=O)N1CCC2OCCCC2(COC)C1. The number of rotatable bonds is 5. The van der Waals surface area contributed by atoms with Gasteiger partial charge in [0.15, 0.2) is 0 Å². The van der Waals surface area contributed by atoms with Crippen LogP contribution in [0.15, 0.2) is 11.4 Å². The average molecular weight is 339 g/mol. The number of hydrogen-bond acceptors (Lipinski definition) is 5. The van der Waals surface area contributed by atoms with Crippen LogP contribution in [0.5, 0.6) is 5.75 Å². The lowest BCUT2D eigenvalue weighted by molar-refractivity contribution is -0.142. The van der Waals surface area contributed by atoms with Gasteiger partial charge in [0.2, 0.25) is 0 Å². The van der Waals surface area contributed by atoms with Crippen LogP contribution in [0.2, 0.25) is 0 Å². The Hall–Kier alpha value is -1.11. The van der Waals surface area contributed by atoms with Gasteiger partial charge >= 0.3 is 0 Å². The Balaban J connectivity index is 1.78. The second kappa shape index (κ2) is 7.20. The fourth-order valence-corrected chi connectivity index (χ4v) is 4.63. The summed E-state index contributed by atoms with van der Waals surface area (Å²) in [6.07, 6.45) is 3.17. The van der Waals surface area contributed by atoms with Gasteiger partial charge in [0, 0.05) is 32.2 Å². The smallest absolute Gasteiger partial charge is 0.267 e. The van der Waals surface area contributed by atoms with Gasteiger partial charge in [0.05, 0.1) is 19.3 Å². The molecule has 1 amide bonds. The van der Waals surface area contributed by atoms with E-state index in [9.17, 15) is 4.79 Å². The third-order valence-electron chi connectivity index (χ3n) is 4.83. The molecule has 2 saturated heterocycles. The summed E-state index contributed by atoms with van der Waals surface area (Å²) in [5.41, 5.74) is -0.0655. The van der Waals surface area contributed by atoms with Crippen molar-refractivity contribution in [3.05, 3.63) is 16.3 Å². The molecule has 0 aromatic carbocycles. The lowest BCUT2D eigenvalue weighted by Gasteiger charge is -2.50. The van der Waals surface area contributed by atoms with Crippen molar-refractivity contribution in [1.29, 1.82) is 0 Å². The molecule has 3 heterocycles. The molecule has 5 nitrogen and oxygen atoms in total. The van der Waals surface area contributed by atoms with Gasteiger partial charge in [-0.1, -0.05) is 0 Å². The van der Waals surface area contributed by atoms with Crippen molar-refractivity contribution in [3.8, 4) is 5.75 Å². The third-order valence-corrected chi connectivity index (χ3v) is 5.71. The number of piperidine rings is 1. The van der Waals surface area contributed by atoms with Crippen LogP contribution >= 0.6 is 11.3 Å². The van der Waals surface area contributed by atoms with E-state index in [1.54, 1.807) is 7.11 Å². The predicted octanol–water partition coefficient (Wildman–Crippen LogP) is 2.80. The molecule has 1 aromatic heterocycles. The number of carbonyl (C=O) groups excluding carboxylic acids is 1. The molecule has 0 aliphatic carbocycles. The Bertz CT molecular complexity index is 542. The number of nitrogens with zero attached hydrogens (tertiary/aromatic N) is 1. The second-order valence-electron chi connectivity index (χ2n) is 6.32. The number of carbonyl (C=O) groups is 1. The zero-order valence-corrected chi connectivity index (χ0v) is 14.7. The highest BCUT2D eigenvalue weighted by molar-refractivity contribution is 7.12. The van der Waals surface area contributed by atoms with E-state index < -0.39 is 0 Å². The molecular formula is C17H25NO4S. The Morgan fingerprint density at radius 1 is 1.57 bits per heavy atom. The van der Waals surface area contributed by atoms with Crippen molar-refractivity contribution >= 4 is 17.2 Å². The Kier molecular flexibility index (Phi) is 5.24. The standard InChI is InChI=1S/C17H25NO4S/c1-3-21-13-6-10-23-15(13)16(19)18-8-5-14-17(11-18,12-20-2)7-4-9-22-14/h6,10,14H,3-5,7-9,11-12H2,1-2H3. The summed E-state index contributed by atoms with van der Waals surface area (Å²) in [4.78, 5) is 15.6. The summed E-state index contributed by atoms with van der Waals surface area (Å²) in [6, 6.07) is 1.88. The van der Waals surface area contributed by atoms with Crippen molar-refractivity contribution in [1.82, 2.24) is 4.90 Å². The zero-order valence-electron chi connectivity index (χ0n) is 13.9. The fraction of sp³-hybridized carbons (Fsp3) is 0.706. The molecule has 2 aliphatic heterocycles. The minimum absolute atomic E-state index is 0.0655. The van der Waals surface area contributed by atoms with Crippen LogP contribution in [0.1, 0.15) is 35.9 Å². The van der Waals surface area contributed by atoms with Gasteiger partial charge in [-0.25, -0.2) is 0 Å². The number of likely N-dealkylation sites (tertiary alicyclic amines) is 1. The van der Waals surface area contributed by atoms with Crippen molar-refractivity contribution in [3.63, 3.8) is 0 Å². The largest absolute Gasteiger partial charge is 0.492 e. The minimum atomic E-state index is -0.0655. The Morgan fingerprint density at radius 2 is 2.43 bits per heavy atom. The molecule has 6 heteroatoms. The van der Waals surface area contributed by atoms with Gasteiger partial charge in [-0.3, -0.25) is 4.79 Å². The zero-order chi connectivity index (χ0) is 16.3. The first-order valence-corrected chi connectivity index (χ1v) is 9.18. The molecule has 2 aliphatic rings. The molecule has 2 atom stereocenters. The van der Waals surface area contributed by atoms with Crippen LogP contribution in [0.4, 0.5) is 0 Å². The van der Waals surface area contributed by atoms with E-state index in [2.05, 4.69) is 0 Å². The first kappa shape index (κ1) is 16.7. The van der Waals surface area contributed by atoms with E-state index >= 15 is 0 Å². The van der Waals surface area contributed by atoms with E-state index in [1.807, 2.05) is 23.3 Å². The van der Waals surface area contributed by atoms with Crippen molar-refractivity contribution in [2.45, 2.75) is 32.3 Å². The topological polar surface area (TPSA) is 48.0 Å². The molecule has 128 valence electrons. The Labute approximate surface area is 141 Å². The minimum Gasteiger partial charge on any atom is -0.492 e. The van der Waals surface area contributed by atoms with Crippen LogP contribution in [0, 0.1) is 5.41 Å². The number of ether oxygens (including phenoxy) is 3. The van der Waals surface area contributed by atoms with Crippen molar-refractivity contribution in [2.24, 2.45) is 5.41 Å². The quantitative estimate of drug-likeness (QED) is 0.828. The van der Waals surface area contributed by atoms with E-state index in [4.69, 9.17) is 14.2 Å². The lowest BCUT2D eigenvalue weighted by Crippen LogP contribution is -2.57. The van der Waals surface area contributed by atoms with Gasteiger partial charge in [0.1, 0.15) is 10.6 Å². The highest BCUT2D eigenvalue weighted by atomic mass is 32.1. The first-order chi connectivity index (χ1) is 11.2. The van der Waals surface area contributed by atoms with Crippen LogP contribution in [-0.4, -0.2) is 56.9 Å². The van der Waals surface area contributed by atoms with Gasteiger partial charge in [-0.15, -0.1) is 11.3 Å². The first-order valence-electron chi connectivity index (χ1n) is 8.30. The monoisotopic (exact) mass is 339 g/mol. The molecule has 0 bridgehead atoms.